The number of hydrogen-bond donors (Lipinski definition) is 1. The van der Waals surface area contributed by atoms with Gasteiger partial charge in [0.25, 0.3) is 0 Å². The van der Waals surface area contributed by atoms with Crippen LogP contribution in [0.5, 0.6) is 0 Å². The van der Waals surface area contributed by atoms with Crippen LogP contribution in [0.3, 0.4) is 0 Å². The average molecular weight is 167 g/mol. The van der Waals surface area contributed by atoms with Gasteiger partial charge in [0, 0.05) is 0 Å². The third-order valence-corrected chi connectivity index (χ3v) is 1.61. The molecular weight excluding hydrogens is 150 g/mol. The van der Waals surface area contributed by atoms with Gasteiger partial charge in [-0.1, -0.05) is 29.8 Å². The van der Waals surface area contributed by atoms with Gasteiger partial charge in [0.2, 0.25) is 0 Å². The van der Waals surface area contributed by atoms with Crippen LogP contribution >= 0.6 is 0 Å². The van der Waals surface area contributed by atoms with Crippen LogP contribution in [0.15, 0.2) is 28.5 Å². The highest BCUT2D eigenvalue weighted by Gasteiger charge is 1.96. The van der Waals surface area contributed by atoms with E-state index in [1.54, 1.807) is 6.92 Å². The van der Waals surface area contributed by atoms with Gasteiger partial charge in [0.05, 0.1) is 5.71 Å². The minimum absolute atomic E-state index is 0.690. The topological polar surface area (TPSA) is 32.6 Å². The van der Waals surface area contributed by atoms with E-state index in [-0.39, 0.29) is 0 Å². The summed E-state index contributed by atoms with van der Waals surface area (Å²) in [5.41, 5.74) is 3.00. The van der Waals surface area contributed by atoms with Crippen LogP contribution in [-0.2, 0) is 0 Å². The summed E-state index contributed by atoms with van der Waals surface area (Å²) < 4.78 is 0. The second-order valence-corrected chi connectivity index (χ2v) is 2.97. The van der Waals surface area contributed by atoms with Crippen molar-refractivity contribution in [2.45, 2.75) is 34.1 Å². The first kappa shape index (κ1) is 11.0. The summed E-state index contributed by atoms with van der Waals surface area (Å²) >= 11 is 0. The molecule has 0 unspecified atom stereocenters. The SMILES string of the molecule is CCC(=C\C=C(C)C)/C(C)=N/O. The summed E-state index contributed by atoms with van der Waals surface area (Å²) in [6, 6.07) is 0. The standard InChI is InChI=1S/C10H17NO/c1-5-10(9(4)11-12)7-6-8(2)3/h6-7,12H,5H2,1-4H3/b10-7+,11-9+. The molecule has 0 spiro atoms. The summed E-state index contributed by atoms with van der Waals surface area (Å²) in [4.78, 5) is 0. The van der Waals surface area contributed by atoms with Crippen molar-refractivity contribution in [2.24, 2.45) is 5.16 Å². The van der Waals surface area contributed by atoms with Gasteiger partial charge in [-0.2, -0.15) is 0 Å². The van der Waals surface area contributed by atoms with E-state index in [0.29, 0.717) is 5.71 Å². The van der Waals surface area contributed by atoms with Crippen molar-refractivity contribution < 1.29 is 5.21 Å². The number of hydrogen-bond acceptors (Lipinski definition) is 2. The summed E-state index contributed by atoms with van der Waals surface area (Å²) in [6.45, 7) is 7.91. The van der Waals surface area contributed by atoms with Crippen molar-refractivity contribution in [3.63, 3.8) is 0 Å². The van der Waals surface area contributed by atoms with Gasteiger partial charge in [0.15, 0.2) is 0 Å². The van der Waals surface area contributed by atoms with Crippen LogP contribution in [0.25, 0.3) is 0 Å². The molecule has 0 aromatic carbocycles. The van der Waals surface area contributed by atoms with Crippen molar-refractivity contribution >= 4 is 5.71 Å². The lowest BCUT2D eigenvalue weighted by Crippen LogP contribution is -1.95. The Hall–Kier alpha value is -1.05. The fraction of sp³-hybridized carbons (Fsp3) is 0.500. The summed E-state index contributed by atoms with van der Waals surface area (Å²) in [5.74, 6) is 0. The van der Waals surface area contributed by atoms with Crippen molar-refractivity contribution in [1.82, 2.24) is 0 Å². The molecule has 0 aliphatic heterocycles. The Morgan fingerprint density at radius 3 is 2.17 bits per heavy atom. The molecule has 68 valence electrons. The molecule has 2 nitrogen and oxygen atoms in total. The van der Waals surface area contributed by atoms with E-state index in [1.807, 2.05) is 32.9 Å². The molecule has 0 fully saturated rings. The van der Waals surface area contributed by atoms with Crippen LogP contribution in [0.2, 0.25) is 0 Å². The Kier molecular flexibility index (Phi) is 5.09. The Labute approximate surface area is 74.3 Å². The maximum Gasteiger partial charge on any atom is 0.0796 e. The molecule has 0 amide bonds. The highest BCUT2D eigenvalue weighted by molar-refractivity contribution is 5.97. The zero-order chi connectivity index (χ0) is 9.56. The van der Waals surface area contributed by atoms with E-state index in [1.165, 1.54) is 5.57 Å². The molecule has 2 heteroatoms. The summed E-state index contributed by atoms with van der Waals surface area (Å²) in [6.07, 6.45) is 4.90. The van der Waals surface area contributed by atoms with Gasteiger partial charge in [-0.15, -0.1) is 0 Å². The lowest BCUT2D eigenvalue weighted by molar-refractivity contribution is 0.319. The normalized spacial score (nSPS) is 13.0. The Bertz CT molecular complexity index is 220. The van der Waals surface area contributed by atoms with Crippen molar-refractivity contribution in [2.75, 3.05) is 0 Å². The second kappa shape index (κ2) is 5.58. The lowest BCUT2D eigenvalue weighted by atomic mass is 10.1. The van der Waals surface area contributed by atoms with Crippen LogP contribution < -0.4 is 0 Å². The van der Waals surface area contributed by atoms with Gasteiger partial charge in [0.1, 0.15) is 0 Å². The lowest BCUT2D eigenvalue weighted by Gasteiger charge is -1.99. The Balaban J connectivity index is 4.56. The van der Waals surface area contributed by atoms with E-state index >= 15 is 0 Å². The monoisotopic (exact) mass is 167 g/mol. The summed E-state index contributed by atoms with van der Waals surface area (Å²) in [5, 5.41) is 11.7. The predicted molar refractivity (Wildman–Crippen MR) is 52.7 cm³/mol. The van der Waals surface area contributed by atoms with Gasteiger partial charge in [-0.25, -0.2) is 0 Å². The third kappa shape index (κ3) is 3.96. The fourth-order valence-corrected chi connectivity index (χ4v) is 0.826. The predicted octanol–water partition coefficient (Wildman–Crippen LogP) is 3.14. The summed E-state index contributed by atoms with van der Waals surface area (Å²) in [7, 11) is 0. The van der Waals surface area contributed by atoms with Crippen molar-refractivity contribution in [3.8, 4) is 0 Å². The largest absolute Gasteiger partial charge is 0.411 e. The molecule has 1 N–H and O–H groups in total. The minimum atomic E-state index is 0.690. The third-order valence-electron chi connectivity index (χ3n) is 1.61. The molecule has 0 aromatic heterocycles. The molecule has 0 bridgehead atoms. The smallest absolute Gasteiger partial charge is 0.0796 e. The Morgan fingerprint density at radius 2 is 1.83 bits per heavy atom. The molecular formula is C10H17NO. The van der Waals surface area contributed by atoms with E-state index in [9.17, 15) is 0 Å². The molecule has 0 aromatic rings. The molecule has 0 rings (SSSR count). The van der Waals surface area contributed by atoms with Crippen molar-refractivity contribution in [3.05, 3.63) is 23.3 Å². The molecule has 0 radical (unpaired) electrons. The number of nitrogens with zero attached hydrogens (tertiary/aromatic N) is 1. The van der Waals surface area contributed by atoms with Gasteiger partial charge in [-0.3, -0.25) is 0 Å². The van der Waals surface area contributed by atoms with Crippen LogP contribution in [0.4, 0.5) is 0 Å². The van der Waals surface area contributed by atoms with Crippen LogP contribution in [0, 0.1) is 0 Å². The zero-order valence-electron chi connectivity index (χ0n) is 8.26. The first-order valence-electron chi connectivity index (χ1n) is 4.14. The molecule has 0 heterocycles. The molecule has 0 saturated heterocycles. The van der Waals surface area contributed by atoms with E-state index < -0.39 is 0 Å². The molecule has 12 heavy (non-hydrogen) atoms. The molecule has 0 atom stereocenters. The number of rotatable bonds is 3. The second-order valence-electron chi connectivity index (χ2n) is 2.97. The zero-order valence-corrected chi connectivity index (χ0v) is 8.26. The first-order valence-corrected chi connectivity index (χ1v) is 4.14. The maximum absolute atomic E-state index is 8.53. The molecule has 0 aliphatic rings. The van der Waals surface area contributed by atoms with Crippen molar-refractivity contribution in [1.29, 1.82) is 0 Å². The number of oxime groups is 1. The number of allylic oxidation sites excluding steroid dienone is 4. The van der Waals surface area contributed by atoms with Gasteiger partial charge < -0.3 is 5.21 Å². The van der Waals surface area contributed by atoms with Crippen LogP contribution in [0.1, 0.15) is 34.1 Å². The quantitative estimate of drug-likeness (QED) is 0.298. The minimum Gasteiger partial charge on any atom is -0.411 e. The Morgan fingerprint density at radius 1 is 1.25 bits per heavy atom. The maximum atomic E-state index is 8.53. The highest BCUT2D eigenvalue weighted by atomic mass is 16.4. The van der Waals surface area contributed by atoms with E-state index in [0.717, 1.165) is 12.0 Å². The highest BCUT2D eigenvalue weighted by Crippen LogP contribution is 2.04. The first-order chi connectivity index (χ1) is 5.61. The van der Waals surface area contributed by atoms with Crippen LogP contribution in [-0.4, -0.2) is 10.9 Å². The molecule has 0 saturated carbocycles. The average Bonchev–Trinajstić information content (AvgIpc) is 2.04. The van der Waals surface area contributed by atoms with Gasteiger partial charge >= 0.3 is 0 Å². The van der Waals surface area contributed by atoms with Gasteiger partial charge in [-0.05, 0) is 32.8 Å². The fourth-order valence-electron chi connectivity index (χ4n) is 0.826. The van der Waals surface area contributed by atoms with E-state index in [4.69, 9.17) is 5.21 Å². The van der Waals surface area contributed by atoms with E-state index in [2.05, 4.69) is 5.16 Å². The molecule has 0 aliphatic carbocycles.